The Morgan fingerprint density at radius 3 is 2.89 bits per heavy atom. The summed E-state index contributed by atoms with van der Waals surface area (Å²) in [6.07, 6.45) is 4.85. The van der Waals surface area contributed by atoms with Gasteiger partial charge >= 0.3 is 0 Å². The highest BCUT2D eigenvalue weighted by Crippen LogP contribution is 2.33. The average Bonchev–Trinajstić information content (AvgIpc) is 3.32. The van der Waals surface area contributed by atoms with E-state index < -0.39 is 0 Å². The van der Waals surface area contributed by atoms with Crippen LogP contribution in [0.3, 0.4) is 0 Å². The molecule has 0 bridgehead atoms. The van der Waals surface area contributed by atoms with Crippen molar-refractivity contribution in [3.05, 3.63) is 66.5 Å². The van der Waals surface area contributed by atoms with Crippen molar-refractivity contribution < 1.29 is 4.74 Å². The second kappa shape index (κ2) is 6.71. The second-order valence-electron chi connectivity index (χ2n) is 7.45. The molecule has 3 aliphatic heterocycles. The number of rotatable bonds is 3. The summed E-state index contributed by atoms with van der Waals surface area (Å²) < 4.78 is 6.22. The summed E-state index contributed by atoms with van der Waals surface area (Å²) in [5, 5.41) is 3.43. The van der Waals surface area contributed by atoms with Crippen LogP contribution in [0.5, 0.6) is 5.75 Å². The standard InChI is InChI=1S/C22H23N5O/c1-26(2)17-8-5-7-16(13-17)25-21-22-24-14-18(27(22)11-10-23-21)20-12-15-6-3-4-9-19(15)28-20/h3-11,13,18,20H,12,14H2,1-2H3,(H,23,25). The molecule has 0 saturated heterocycles. The molecule has 0 saturated carbocycles. The molecular formula is C22H23N5O. The Balaban J connectivity index is 1.33. The number of ether oxygens (including phenoxy) is 1. The van der Waals surface area contributed by atoms with Crippen molar-refractivity contribution in [1.82, 2.24) is 4.90 Å². The maximum absolute atomic E-state index is 6.22. The predicted molar refractivity (Wildman–Crippen MR) is 113 cm³/mol. The number of benzene rings is 2. The van der Waals surface area contributed by atoms with E-state index >= 15 is 0 Å². The fourth-order valence-electron chi connectivity index (χ4n) is 3.93. The van der Waals surface area contributed by atoms with Gasteiger partial charge in [-0.25, -0.2) is 4.99 Å². The lowest BCUT2D eigenvalue weighted by Gasteiger charge is -2.30. The van der Waals surface area contributed by atoms with Gasteiger partial charge in [0.15, 0.2) is 11.7 Å². The Hall–Kier alpha value is -3.28. The topological polar surface area (TPSA) is 52.5 Å². The Labute approximate surface area is 164 Å². The van der Waals surface area contributed by atoms with Crippen LogP contribution in [0.15, 0.2) is 70.9 Å². The van der Waals surface area contributed by atoms with E-state index in [1.54, 1.807) is 0 Å². The minimum absolute atomic E-state index is 0.0970. The molecule has 3 heterocycles. The molecule has 1 N–H and O–H groups in total. The molecule has 0 spiro atoms. The molecule has 28 heavy (non-hydrogen) atoms. The summed E-state index contributed by atoms with van der Waals surface area (Å²) in [5.41, 5.74) is 3.41. The molecular weight excluding hydrogens is 350 g/mol. The van der Waals surface area contributed by atoms with Crippen LogP contribution < -0.4 is 15.0 Å². The molecule has 0 fully saturated rings. The largest absolute Gasteiger partial charge is 0.488 e. The lowest BCUT2D eigenvalue weighted by Crippen LogP contribution is -2.47. The third-order valence-corrected chi connectivity index (χ3v) is 5.40. The van der Waals surface area contributed by atoms with E-state index in [0.29, 0.717) is 6.54 Å². The van der Waals surface area contributed by atoms with Crippen molar-refractivity contribution >= 4 is 23.0 Å². The van der Waals surface area contributed by atoms with Crippen molar-refractivity contribution in [2.75, 3.05) is 30.9 Å². The summed E-state index contributed by atoms with van der Waals surface area (Å²) in [5.74, 6) is 2.65. The minimum Gasteiger partial charge on any atom is -0.488 e. The zero-order valence-corrected chi connectivity index (χ0v) is 16.0. The Morgan fingerprint density at radius 2 is 2.04 bits per heavy atom. The number of aliphatic imine (C=N–C) groups is 2. The summed E-state index contributed by atoms with van der Waals surface area (Å²) in [6, 6.07) is 16.7. The minimum atomic E-state index is 0.0970. The summed E-state index contributed by atoms with van der Waals surface area (Å²) in [4.78, 5) is 13.6. The highest BCUT2D eigenvalue weighted by molar-refractivity contribution is 6.45. The first-order valence-electron chi connectivity index (χ1n) is 9.55. The maximum Gasteiger partial charge on any atom is 0.173 e. The number of fused-ring (bicyclic) bond motifs is 2. The number of hydrogen-bond acceptors (Lipinski definition) is 6. The first-order chi connectivity index (χ1) is 13.7. The van der Waals surface area contributed by atoms with E-state index in [2.05, 4.69) is 44.4 Å². The van der Waals surface area contributed by atoms with Crippen LogP contribution in [0.25, 0.3) is 0 Å². The van der Waals surface area contributed by atoms with Gasteiger partial charge in [0, 0.05) is 44.3 Å². The molecule has 6 nitrogen and oxygen atoms in total. The Morgan fingerprint density at radius 1 is 1.14 bits per heavy atom. The molecule has 5 rings (SSSR count). The van der Waals surface area contributed by atoms with Gasteiger partial charge in [-0.05, 0) is 29.8 Å². The van der Waals surface area contributed by atoms with Gasteiger partial charge in [0.1, 0.15) is 11.9 Å². The normalized spacial score (nSPS) is 22.1. The first-order valence-corrected chi connectivity index (χ1v) is 9.55. The van der Waals surface area contributed by atoms with Crippen LogP contribution in [0.1, 0.15) is 5.56 Å². The van der Waals surface area contributed by atoms with Gasteiger partial charge in [-0.15, -0.1) is 0 Å². The van der Waals surface area contributed by atoms with Gasteiger partial charge in [0.25, 0.3) is 0 Å². The number of para-hydroxylation sites is 1. The zero-order chi connectivity index (χ0) is 19.1. The number of anilines is 2. The molecule has 2 atom stereocenters. The molecule has 142 valence electrons. The maximum atomic E-state index is 6.22. The molecule has 2 aromatic rings. The number of amidine groups is 2. The van der Waals surface area contributed by atoms with Crippen LogP contribution in [0, 0.1) is 0 Å². The van der Waals surface area contributed by atoms with Crippen LogP contribution >= 0.6 is 0 Å². The number of hydrogen-bond donors (Lipinski definition) is 1. The summed E-state index contributed by atoms with van der Waals surface area (Å²) in [6.45, 7) is 0.705. The van der Waals surface area contributed by atoms with Gasteiger partial charge in [0.05, 0.1) is 12.6 Å². The van der Waals surface area contributed by atoms with E-state index in [1.807, 2.05) is 50.8 Å². The Bertz CT molecular complexity index is 969. The van der Waals surface area contributed by atoms with Gasteiger partial charge in [0.2, 0.25) is 0 Å². The number of nitrogens with one attached hydrogen (secondary N) is 1. The molecule has 2 aromatic carbocycles. The molecule has 3 aliphatic rings. The van der Waals surface area contributed by atoms with Gasteiger partial charge in [-0.3, -0.25) is 4.99 Å². The van der Waals surface area contributed by atoms with E-state index in [0.717, 1.165) is 35.2 Å². The zero-order valence-electron chi connectivity index (χ0n) is 16.0. The second-order valence-corrected chi connectivity index (χ2v) is 7.45. The van der Waals surface area contributed by atoms with E-state index in [9.17, 15) is 0 Å². The number of nitrogens with zero attached hydrogens (tertiary/aromatic N) is 4. The van der Waals surface area contributed by atoms with Crippen LogP contribution in [0.2, 0.25) is 0 Å². The lowest BCUT2D eigenvalue weighted by molar-refractivity contribution is 0.159. The fourth-order valence-corrected chi connectivity index (χ4v) is 3.93. The van der Waals surface area contributed by atoms with Crippen molar-refractivity contribution in [1.29, 1.82) is 0 Å². The van der Waals surface area contributed by atoms with Crippen molar-refractivity contribution in [3.63, 3.8) is 0 Å². The van der Waals surface area contributed by atoms with Crippen LogP contribution in [-0.4, -0.2) is 49.4 Å². The third-order valence-electron chi connectivity index (χ3n) is 5.40. The average molecular weight is 373 g/mol. The van der Waals surface area contributed by atoms with E-state index in [1.165, 1.54) is 5.56 Å². The van der Waals surface area contributed by atoms with Crippen molar-refractivity contribution in [2.24, 2.45) is 9.98 Å². The van der Waals surface area contributed by atoms with E-state index in [-0.39, 0.29) is 12.1 Å². The highest BCUT2D eigenvalue weighted by Gasteiger charge is 2.40. The fraction of sp³-hybridized carbons (Fsp3) is 0.273. The monoisotopic (exact) mass is 373 g/mol. The predicted octanol–water partition coefficient (Wildman–Crippen LogP) is 3.13. The van der Waals surface area contributed by atoms with Crippen LogP contribution in [-0.2, 0) is 6.42 Å². The van der Waals surface area contributed by atoms with E-state index in [4.69, 9.17) is 9.73 Å². The molecule has 6 heteroatoms. The first kappa shape index (κ1) is 16.9. The van der Waals surface area contributed by atoms with Crippen molar-refractivity contribution in [2.45, 2.75) is 18.6 Å². The molecule has 0 radical (unpaired) electrons. The lowest BCUT2D eigenvalue weighted by atomic mass is 10.0. The van der Waals surface area contributed by atoms with Gasteiger partial charge in [-0.1, -0.05) is 24.3 Å². The SMILES string of the molecule is CN(C)c1cccc(NC2=NC=CN3C2=NCC3C2Cc3ccccc3O2)c1. The smallest absolute Gasteiger partial charge is 0.173 e. The Kier molecular flexibility index (Phi) is 4.04. The van der Waals surface area contributed by atoms with Crippen LogP contribution in [0.4, 0.5) is 11.4 Å². The summed E-state index contributed by atoms with van der Waals surface area (Å²) in [7, 11) is 4.07. The molecule has 2 unspecified atom stereocenters. The van der Waals surface area contributed by atoms with Gasteiger partial charge in [-0.2, -0.15) is 0 Å². The highest BCUT2D eigenvalue weighted by atomic mass is 16.5. The molecule has 0 aromatic heterocycles. The third kappa shape index (κ3) is 2.91. The molecule has 0 amide bonds. The van der Waals surface area contributed by atoms with Crippen molar-refractivity contribution in [3.8, 4) is 5.75 Å². The van der Waals surface area contributed by atoms with Gasteiger partial charge < -0.3 is 19.9 Å². The molecule has 0 aliphatic carbocycles. The summed E-state index contributed by atoms with van der Waals surface area (Å²) >= 11 is 0. The quantitative estimate of drug-likeness (QED) is 0.898.